The number of ether oxygens (including phenoxy) is 1. The van der Waals surface area contributed by atoms with Crippen LogP contribution in [-0.2, 0) is 6.54 Å². The standard InChI is InChI=1S/C16H13N3O2/c1-20-12-3-5-15-14(7-12)17-9-19(15)8-11-2-4-13-16(6-11)21-10-18-13/h2-7,9-10H,8H2,1H3. The Hall–Kier alpha value is -2.82. The lowest BCUT2D eigenvalue weighted by atomic mass is 10.2. The van der Waals surface area contributed by atoms with E-state index < -0.39 is 0 Å². The van der Waals surface area contributed by atoms with E-state index in [-0.39, 0.29) is 0 Å². The van der Waals surface area contributed by atoms with E-state index >= 15 is 0 Å². The van der Waals surface area contributed by atoms with E-state index in [1.165, 1.54) is 6.39 Å². The Morgan fingerprint density at radius 1 is 1.10 bits per heavy atom. The quantitative estimate of drug-likeness (QED) is 0.577. The van der Waals surface area contributed by atoms with Crippen LogP contribution in [0, 0.1) is 0 Å². The fourth-order valence-electron chi connectivity index (χ4n) is 2.49. The van der Waals surface area contributed by atoms with Crippen molar-refractivity contribution in [1.82, 2.24) is 14.5 Å². The van der Waals surface area contributed by atoms with Crippen LogP contribution in [0.5, 0.6) is 5.75 Å². The number of nitrogens with zero attached hydrogens (tertiary/aromatic N) is 3. The van der Waals surface area contributed by atoms with E-state index in [2.05, 4.69) is 20.6 Å². The van der Waals surface area contributed by atoms with E-state index in [4.69, 9.17) is 9.15 Å². The summed E-state index contributed by atoms with van der Waals surface area (Å²) in [5.74, 6) is 0.816. The molecule has 2 heterocycles. The Morgan fingerprint density at radius 2 is 2.05 bits per heavy atom. The Bertz CT molecular complexity index is 923. The molecule has 0 spiro atoms. The first-order valence-electron chi connectivity index (χ1n) is 6.64. The summed E-state index contributed by atoms with van der Waals surface area (Å²) in [4.78, 5) is 8.55. The lowest BCUT2D eigenvalue weighted by Gasteiger charge is -2.05. The smallest absolute Gasteiger partial charge is 0.181 e. The van der Waals surface area contributed by atoms with Crippen molar-refractivity contribution in [2.24, 2.45) is 0 Å². The SMILES string of the molecule is COc1ccc2c(c1)ncn2Cc1ccc2ncoc2c1. The minimum absolute atomic E-state index is 0.736. The third-order valence-corrected chi connectivity index (χ3v) is 3.58. The highest BCUT2D eigenvalue weighted by molar-refractivity contribution is 5.77. The molecular formula is C16H13N3O2. The predicted molar refractivity (Wildman–Crippen MR) is 79.4 cm³/mol. The molecule has 0 unspecified atom stereocenters. The molecule has 0 amide bonds. The Labute approximate surface area is 120 Å². The molecule has 0 aliphatic carbocycles. The number of hydrogen-bond donors (Lipinski definition) is 0. The highest BCUT2D eigenvalue weighted by Gasteiger charge is 2.06. The summed E-state index contributed by atoms with van der Waals surface area (Å²) in [5.41, 5.74) is 4.83. The molecule has 0 fully saturated rings. The summed E-state index contributed by atoms with van der Waals surface area (Å²) < 4.78 is 12.7. The molecule has 0 atom stereocenters. The predicted octanol–water partition coefficient (Wildman–Crippen LogP) is 3.23. The number of methoxy groups -OCH3 is 1. The molecule has 0 aliphatic rings. The average Bonchev–Trinajstić information content (AvgIpc) is 3.13. The molecule has 4 rings (SSSR count). The topological polar surface area (TPSA) is 53.1 Å². The number of oxazole rings is 1. The molecule has 0 aliphatic heterocycles. The van der Waals surface area contributed by atoms with Crippen molar-refractivity contribution in [2.75, 3.05) is 7.11 Å². The number of fused-ring (bicyclic) bond motifs is 2. The normalized spacial score (nSPS) is 11.3. The Morgan fingerprint density at radius 3 is 2.95 bits per heavy atom. The maximum absolute atomic E-state index is 5.34. The van der Waals surface area contributed by atoms with E-state index in [1.54, 1.807) is 7.11 Å². The van der Waals surface area contributed by atoms with Gasteiger partial charge in [0.1, 0.15) is 11.3 Å². The first-order valence-corrected chi connectivity index (χ1v) is 6.64. The Balaban J connectivity index is 1.72. The van der Waals surface area contributed by atoms with Crippen molar-refractivity contribution in [1.29, 1.82) is 0 Å². The third-order valence-electron chi connectivity index (χ3n) is 3.58. The van der Waals surface area contributed by atoms with Gasteiger partial charge in [0, 0.05) is 12.6 Å². The molecule has 2 aromatic carbocycles. The summed E-state index contributed by atoms with van der Waals surface area (Å²) in [6.45, 7) is 0.736. The van der Waals surface area contributed by atoms with Crippen LogP contribution in [0.2, 0.25) is 0 Å². The zero-order valence-corrected chi connectivity index (χ0v) is 11.5. The second kappa shape index (κ2) is 4.63. The van der Waals surface area contributed by atoms with Crippen molar-refractivity contribution in [3.63, 3.8) is 0 Å². The fraction of sp³-hybridized carbons (Fsp3) is 0.125. The van der Waals surface area contributed by atoms with Gasteiger partial charge in [0.25, 0.3) is 0 Å². The number of hydrogen-bond acceptors (Lipinski definition) is 4. The molecule has 0 bridgehead atoms. The molecule has 5 nitrogen and oxygen atoms in total. The van der Waals surface area contributed by atoms with E-state index in [1.807, 2.05) is 36.7 Å². The van der Waals surface area contributed by atoms with Crippen LogP contribution in [0.15, 0.2) is 53.5 Å². The van der Waals surface area contributed by atoms with Gasteiger partial charge in [0.15, 0.2) is 12.0 Å². The minimum Gasteiger partial charge on any atom is -0.497 e. The van der Waals surface area contributed by atoms with Crippen LogP contribution < -0.4 is 4.74 Å². The molecule has 0 N–H and O–H groups in total. The summed E-state index contributed by atoms with van der Waals surface area (Å²) in [6, 6.07) is 11.9. The van der Waals surface area contributed by atoms with Gasteiger partial charge in [-0.3, -0.25) is 0 Å². The monoisotopic (exact) mass is 279 g/mol. The van der Waals surface area contributed by atoms with Crippen molar-refractivity contribution in [2.45, 2.75) is 6.54 Å². The second-order valence-electron chi connectivity index (χ2n) is 4.88. The van der Waals surface area contributed by atoms with Crippen LogP contribution in [-0.4, -0.2) is 21.6 Å². The lowest BCUT2D eigenvalue weighted by molar-refractivity contribution is 0.415. The number of aromatic nitrogens is 3. The molecule has 104 valence electrons. The summed E-state index contributed by atoms with van der Waals surface area (Å²) in [5, 5.41) is 0. The zero-order valence-electron chi connectivity index (χ0n) is 11.5. The third kappa shape index (κ3) is 2.03. The summed E-state index contributed by atoms with van der Waals surface area (Å²) >= 11 is 0. The molecule has 2 aromatic heterocycles. The van der Waals surface area contributed by atoms with Gasteiger partial charge in [-0.2, -0.15) is 0 Å². The molecule has 21 heavy (non-hydrogen) atoms. The van der Waals surface area contributed by atoms with Gasteiger partial charge in [-0.25, -0.2) is 9.97 Å². The maximum atomic E-state index is 5.34. The highest BCUT2D eigenvalue weighted by Crippen LogP contribution is 2.21. The molecule has 0 radical (unpaired) electrons. The van der Waals surface area contributed by atoms with Gasteiger partial charge >= 0.3 is 0 Å². The van der Waals surface area contributed by atoms with Crippen LogP contribution in [0.3, 0.4) is 0 Å². The van der Waals surface area contributed by atoms with E-state index in [0.717, 1.165) is 40.0 Å². The van der Waals surface area contributed by atoms with Gasteiger partial charge < -0.3 is 13.7 Å². The van der Waals surface area contributed by atoms with Gasteiger partial charge in [-0.1, -0.05) is 6.07 Å². The fourth-order valence-corrected chi connectivity index (χ4v) is 2.49. The van der Waals surface area contributed by atoms with E-state index in [0.29, 0.717) is 0 Å². The Kier molecular flexibility index (Phi) is 2.64. The first-order chi connectivity index (χ1) is 10.3. The molecule has 0 saturated heterocycles. The molecular weight excluding hydrogens is 266 g/mol. The van der Waals surface area contributed by atoms with Gasteiger partial charge in [-0.15, -0.1) is 0 Å². The van der Waals surface area contributed by atoms with Crippen molar-refractivity contribution >= 4 is 22.1 Å². The average molecular weight is 279 g/mol. The van der Waals surface area contributed by atoms with Crippen molar-refractivity contribution < 1.29 is 9.15 Å². The zero-order chi connectivity index (χ0) is 14.2. The highest BCUT2D eigenvalue weighted by atomic mass is 16.5. The van der Waals surface area contributed by atoms with Crippen LogP contribution in [0.25, 0.3) is 22.1 Å². The van der Waals surface area contributed by atoms with Crippen molar-refractivity contribution in [3.05, 3.63) is 54.7 Å². The van der Waals surface area contributed by atoms with Gasteiger partial charge in [0.2, 0.25) is 0 Å². The van der Waals surface area contributed by atoms with Crippen LogP contribution in [0.4, 0.5) is 0 Å². The number of imidazole rings is 1. The number of rotatable bonds is 3. The van der Waals surface area contributed by atoms with Gasteiger partial charge in [-0.05, 0) is 29.8 Å². The number of benzene rings is 2. The van der Waals surface area contributed by atoms with E-state index in [9.17, 15) is 0 Å². The molecule has 0 saturated carbocycles. The van der Waals surface area contributed by atoms with Gasteiger partial charge in [0.05, 0.1) is 24.5 Å². The maximum Gasteiger partial charge on any atom is 0.181 e. The molecule has 4 aromatic rings. The summed E-state index contributed by atoms with van der Waals surface area (Å²) in [7, 11) is 1.66. The second-order valence-corrected chi connectivity index (χ2v) is 4.88. The van der Waals surface area contributed by atoms with Crippen molar-refractivity contribution in [3.8, 4) is 5.75 Å². The summed E-state index contributed by atoms with van der Waals surface area (Å²) in [6.07, 6.45) is 3.31. The van der Waals surface area contributed by atoms with Crippen LogP contribution in [0.1, 0.15) is 5.56 Å². The first kappa shape index (κ1) is 12.0. The molecule has 5 heteroatoms. The lowest BCUT2D eigenvalue weighted by Crippen LogP contribution is -1.97. The largest absolute Gasteiger partial charge is 0.497 e. The minimum atomic E-state index is 0.736. The van der Waals surface area contributed by atoms with Crippen LogP contribution >= 0.6 is 0 Å².